The van der Waals surface area contributed by atoms with E-state index in [-0.39, 0.29) is 12.5 Å². The van der Waals surface area contributed by atoms with Gasteiger partial charge in [0, 0.05) is 63.1 Å². The van der Waals surface area contributed by atoms with Crippen molar-refractivity contribution < 1.29 is 13.6 Å². The molecule has 2 aliphatic rings. The lowest BCUT2D eigenvalue weighted by Gasteiger charge is -2.43. The van der Waals surface area contributed by atoms with Crippen LogP contribution in [-0.2, 0) is 13.1 Å². The van der Waals surface area contributed by atoms with Gasteiger partial charge in [-0.1, -0.05) is 29.8 Å². The minimum atomic E-state index is -0.917. The molecule has 0 atom stereocenters. The number of carbonyl (C=O) groups is 1. The van der Waals surface area contributed by atoms with E-state index in [4.69, 9.17) is 11.6 Å². The number of piperidine rings is 1. The number of hydrogen-bond acceptors (Lipinski definition) is 5. The Morgan fingerprint density at radius 1 is 0.976 bits per heavy atom. The molecule has 218 valence electrons. The zero-order chi connectivity index (χ0) is 28.9. The van der Waals surface area contributed by atoms with Gasteiger partial charge in [0.25, 0.3) is 5.91 Å². The molecule has 0 radical (unpaired) electrons. The minimum absolute atomic E-state index is 0.188. The first-order valence-corrected chi connectivity index (χ1v) is 15.3. The summed E-state index contributed by atoms with van der Waals surface area (Å²) in [4.78, 5) is 26.8. The predicted octanol–water partition coefficient (Wildman–Crippen LogP) is 6.22. The van der Waals surface area contributed by atoms with Crippen LogP contribution in [0, 0.1) is 11.6 Å². The van der Waals surface area contributed by atoms with Crippen LogP contribution in [0.1, 0.15) is 41.3 Å². The minimum Gasteiger partial charge on any atom is -0.353 e. The number of halogens is 4. The first-order valence-electron chi connectivity index (χ1n) is 14.1. The van der Waals surface area contributed by atoms with Gasteiger partial charge >= 0.3 is 0 Å². The second kappa shape index (κ2) is 13.6. The predicted molar refractivity (Wildman–Crippen MR) is 162 cm³/mol. The molecule has 6 nitrogen and oxygen atoms in total. The molecule has 0 N–H and O–H groups in total. The van der Waals surface area contributed by atoms with Crippen LogP contribution in [0.4, 0.5) is 14.6 Å². The van der Waals surface area contributed by atoms with Gasteiger partial charge in [-0.25, -0.2) is 13.8 Å². The number of likely N-dealkylation sites (tertiary alicyclic amines) is 1. The van der Waals surface area contributed by atoms with Crippen molar-refractivity contribution in [3.8, 4) is 0 Å². The number of hydrogen-bond donors (Lipinski definition) is 0. The zero-order valence-corrected chi connectivity index (χ0v) is 25.5. The molecular formula is C31H35BrClF2N5O. The van der Waals surface area contributed by atoms with Crippen molar-refractivity contribution in [3.63, 3.8) is 0 Å². The summed E-state index contributed by atoms with van der Waals surface area (Å²) in [5.41, 5.74) is 2.29. The third kappa shape index (κ3) is 7.44. The number of benzene rings is 2. The largest absolute Gasteiger partial charge is 0.353 e. The molecule has 0 spiro atoms. The van der Waals surface area contributed by atoms with Gasteiger partial charge < -0.3 is 9.80 Å². The van der Waals surface area contributed by atoms with E-state index < -0.39 is 11.6 Å². The molecule has 10 heteroatoms. The van der Waals surface area contributed by atoms with E-state index in [1.54, 1.807) is 17.2 Å². The van der Waals surface area contributed by atoms with Crippen molar-refractivity contribution in [2.24, 2.45) is 0 Å². The molecule has 1 amide bonds. The highest BCUT2D eigenvalue weighted by Gasteiger charge is 2.29. The van der Waals surface area contributed by atoms with Crippen molar-refractivity contribution in [2.75, 3.05) is 50.7 Å². The fourth-order valence-corrected chi connectivity index (χ4v) is 6.46. The fraction of sp³-hybridized carbons (Fsp3) is 0.419. The molecule has 3 aromatic rings. The van der Waals surface area contributed by atoms with Gasteiger partial charge in [-0.3, -0.25) is 14.6 Å². The van der Waals surface area contributed by atoms with Crippen LogP contribution in [0.3, 0.4) is 0 Å². The van der Waals surface area contributed by atoms with Crippen LogP contribution in [0.2, 0.25) is 5.02 Å². The number of piperazine rings is 1. The molecule has 5 rings (SSSR count). The summed E-state index contributed by atoms with van der Waals surface area (Å²) in [6, 6.07) is 14.3. The highest BCUT2D eigenvalue weighted by atomic mass is 79.9. The fourth-order valence-electron chi connectivity index (χ4n) is 5.74. The molecule has 2 aromatic carbocycles. The highest BCUT2D eigenvalue weighted by Crippen LogP contribution is 2.28. The third-order valence-electron chi connectivity index (χ3n) is 8.10. The van der Waals surface area contributed by atoms with Crippen molar-refractivity contribution in [3.05, 3.63) is 92.5 Å². The molecule has 41 heavy (non-hydrogen) atoms. The number of anilines is 1. The van der Waals surface area contributed by atoms with E-state index in [1.165, 1.54) is 24.5 Å². The van der Waals surface area contributed by atoms with Crippen molar-refractivity contribution >= 4 is 39.3 Å². The van der Waals surface area contributed by atoms with E-state index in [0.717, 1.165) is 73.3 Å². The Morgan fingerprint density at radius 3 is 2.29 bits per heavy atom. The van der Waals surface area contributed by atoms with Crippen molar-refractivity contribution in [1.82, 2.24) is 19.7 Å². The van der Waals surface area contributed by atoms with Crippen LogP contribution >= 0.6 is 27.5 Å². The summed E-state index contributed by atoms with van der Waals surface area (Å²) in [7, 11) is 0. The average molecular weight is 647 g/mol. The molecule has 1 aromatic heterocycles. The summed E-state index contributed by atoms with van der Waals surface area (Å²) in [5.74, 6) is -1.19. The van der Waals surface area contributed by atoms with Gasteiger partial charge in [-0.2, -0.15) is 0 Å². The number of rotatable bonds is 8. The Balaban J connectivity index is 1.12. The Morgan fingerprint density at radius 2 is 1.66 bits per heavy atom. The second-order valence-corrected chi connectivity index (χ2v) is 12.0. The molecule has 0 saturated carbocycles. The Bertz CT molecular complexity index is 1340. The summed E-state index contributed by atoms with van der Waals surface area (Å²) >= 11 is 9.67. The Labute approximate surface area is 254 Å². The van der Waals surface area contributed by atoms with Gasteiger partial charge in [-0.05, 0) is 90.2 Å². The highest BCUT2D eigenvalue weighted by molar-refractivity contribution is 9.10. The standard InChI is InChI=1S/C31H35BrClF2N5O/c1-2-38(21-23-5-8-28(34)29(35)17-23)31(41)24-18-27(32)30(36-19-24)40-15-13-39(14-16-40)26-9-11-37(12-10-26)20-22-3-6-25(33)7-4-22/h3-8,17-19,26H,2,9-16,20-21H2,1H3. The van der Waals surface area contributed by atoms with Gasteiger partial charge in [0.1, 0.15) is 5.82 Å². The van der Waals surface area contributed by atoms with Crippen LogP contribution in [0.15, 0.2) is 59.2 Å². The maximum Gasteiger partial charge on any atom is 0.255 e. The summed E-state index contributed by atoms with van der Waals surface area (Å²) in [5, 5.41) is 0.777. The number of amides is 1. The lowest BCUT2D eigenvalue weighted by Crippen LogP contribution is -2.53. The molecule has 0 aliphatic carbocycles. The molecule has 2 fully saturated rings. The summed E-state index contributed by atoms with van der Waals surface area (Å²) in [6.45, 7) is 9.36. The van der Waals surface area contributed by atoms with Gasteiger partial charge in [0.05, 0.1) is 10.0 Å². The lowest BCUT2D eigenvalue weighted by atomic mass is 10.0. The first-order chi connectivity index (χ1) is 19.8. The van der Waals surface area contributed by atoms with Gasteiger partial charge in [0.2, 0.25) is 0 Å². The maximum atomic E-state index is 13.7. The van der Waals surface area contributed by atoms with E-state index in [2.05, 4.69) is 47.7 Å². The number of nitrogens with zero attached hydrogens (tertiary/aromatic N) is 5. The summed E-state index contributed by atoms with van der Waals surface area (Å²) in [6.07, 6.45) is 3.95. The molecule has 0 unspecified atom stereocenters. The van der Waals surface area contributed by atoms with Crippen LogP contribution in [-0.4, -0.2) is 77.4 Å². The molecule has 2 aliphatic heterocycles. The van der Waals surface area contributed by atoms with Crippen LogP contribution in [0.25, 0.3) is 0 Å². The topological polar surface area (TPSA) is 42.9 Å². The lowest BCUT2D eigenvalue weighted by molar-refractivity contribution is 0.0752. The van der Waals surface area contributed by atoms with E-state index >= 15 is 0 Å². The van der Waals surface area contributed by atoms with E-state index in [1.807, 2.05) is 19.1 Å². The monoisotopic (exact) mass is 645 g/mol. The number of carbonyl (C=O) groups excluding carboxylic acids is 1. The maximum absolute atomic E-state index is 13.7. The smallest absolute Gasteiger partial charge is 0.255 e. The zero-order valence-electron chi connectivity index (χ0n) is 23.2. The third-order valence-corrected chi connectivity index (χ3v) is 8.94. The molecular weight excluding hydrogens is 612 g/mol. The first kappa shape index (κ1) is 29.9. The average Bonchev–Trinajstić information content (AvgIpc) is 2.99. The number of aromatic nitrogens is 1. The van der Waals surface area contributed by atoms with Gasteiger partial charge in [-0.15, -0.1) is 0 Å². The second-order valence-electron chi connectivity index (χ2n) is 10.8. The van der Waals surface area contributed by atoms with Gasteiger partial charge in [0.15, 0.2) is 11.6 Å². The normalized spacial score (nSPS) is 17.1. The summed E-state index contributed by atoms with van der Waals surface area (Å²) < 4.78 is 27.7. The van der Waals surface area contributed by atoms with Crippen LogP contribution < -0.4 is 4.90 Å². The van der Waals surface area contributed by atoms with E-state index in [9.17, 15) is 13.6 Å². The Hall–Kier alpha value is -2.59. The molecule has 3 heterocycles. The number of pyridine rings is 1. The Kier molecular flexibility index (Phi) is 9.91. The quantitative estimate of drug-likeness (QED) is 0.291. The molecule has 0 bridgehead atoms. The van der Waals surface area contributed by atoms with Crippen LogP contribution in [0.5, 0.6) is 0 Å². The molecule has 2 saturated heterocycles. The van der Waals surface area contributed by atoms with Crippen molar-refractivity contribution in [1.29, 1.82) is 0 Å². The SMILES string of the molecule is CCN(Cc1ccc(F)c(F)c1)C(=O)c1cnc(N2CCN(C3CCN(Cc4ccc(Cl)cc4)CC3)CC2)c(Br)c1. The van der Waals surface area contributed by atoms with Crippen molar-refractivity contribution in [2.45, 2.75) is 38.9 Å². The van der Waals surface area contributed by atoms with E-state index in [0.29, 0.717) is 23.7 Å².